The molecule has 0 fully saturated rings. The van der Waals surface area contributed by atoms with Crippen molar-refractivity contribution >= 4 is 38.5 Å². The summed E-state index contributed by atoms with van der Waals surface area (Å²) in [6.07, 6.45) is 1.75. The Labute approximate surface area is 122 Å². The van der Waals surface area contributed by atoms with Gasteiger partial charge < -0.3 is 5.84 Å². The molecule has 0 amide bonds. The van der Waals surface area contributed by atoms with Gasteiger partial charge in [-0.25, -0.2) is 0 Å². The minimum absolute atomic E-state index is 1.08. The molecule has 2 nitrogen and oxygen atoms in total. The molecule has 4 rings (SSSR count). The van der Waals surface area contributed by atoms with Gasteiger partial charge in [0.25, 0.3) is 0 Å². The SMILES string of the molecule is N/N=C/c1c2ccccc2cc2c1ccc1ccccc12. The van der Waals surface area contributed by atoms with E-state index >= 15 is 0 Å². The van der Waals surface area contributed by atoms with Crippen LogP contribution in [0.1, 0.15) is 5.56 Å². The predicted molar refractivity (Wildman–Crippen MR) is 90.7 cm³/mol. The molecule has 2 heteroatoms. The molecule has 100 valence electrons. The molecule has 0 spiro atoms. The quantitative estimate of drug-likeness (QED) is 0.179. The predicted octanol–water partition coefficient (Wildman–Crippen LogP) is 4.44. The molecule has 0 heterocycles. The number of hydrogen-bond donors (Lipinski definition) is 1. The second-order valence-corrected chi connectivity index (χ2v) is 5.17. The zero-order valence-electron chi connectivity index (χ0n) is 11.5. The maximum Gasteiger partial charge on any atom is 0.0550 e. The van der Waals surface area contributed by atoms with Gasteiger partial charge in [-0.05, 0) is 38.4 Å². The summed E-state index contributed by atoms with van der Waals surface area (Å²) in [5.74, 6) is 5.42. The highest BCUT2D eigenvalue weighted by Crippen LogP contribution is 2.32. The second kappa shape index (κ2) is 4.60. The van der Waals surface area contributed by atoms with E-state index < -0.39 is 0 Å². The van der Waals surface area contributed by atoms with Crippen molar-refractivity contribution in [1.82, 2.24) is 0 Å². The maximum atomic E-state index is 5.42. The first-order valence-electron chi connectivity index (χ1n) is 6.95. The molecule has 0 saturated carbocycles. The van der Waals surface area contributed by atoms with Crippen LogP contribution in [0.2, 0.25) is 0 Å². The Balaban J connectivity index is 2.30. The lowest BCUT2D eigenvalue weighted by molar-refractivity contribution is 1.27. The number of fused-ring (bicyclic) bond motifs is 4. The summed E-state index contributed by atoms with van der Waals surface area (Å²) in [4.78, 5) is 0. The molecule has 0 aliphatic rings. The highest BCUT2D eigenvalue weighted by atomic mass is 15.1. The summed E-state index contributed by atoms with van der Waals surface area (Å²) in [5.41, 5.74) is 1.08. The van der Waals surface area contributed by atoms with Gasteiger partial charge in [0.2, 0.25) is 0 Å². The average Bonchev–Trinajstić information content (AvgIpc) is 2.55. The Bertz CT molecular complexity index is 1000. The van der Waals surface area contributed by atoms with Crippen molar-refractivity contribution in [2.24, 2.45) is 10.9 Å². The van der Waals surface area contributed by atoms with Crippen LogP contribution in [0.15, 0.2) is 71.8 Å². The Hall–Kier alpha value is -2.87. The van der Waals surface area contributed by atoms with Crippen LogP contribution in [0.5, 0.6) is 0 Å². The molecule has 4 aromatic carbocycles. The average molecular weight is 270 g/mol. The Morgan fingerprint density at radius 2 is 1.38 bits per heavy atom. The molecule has 2 N–H and O–H groups in total. The van der Waals surface area contributed by atoms with Gasteiger partial charge in [0.15, 0.2) is 0 Å². The van der Waals surface area contributed by atoms with Gasteiger partial charge in [-0.2, -0.15) is 5.10 Å². The number of hydrazone groups is 1. The van der Waals surface area contributed by atoms with E-state index in [2.05, 4.69) is 65.8 Å². The highest BCUT2D eigenvalue weighted by molar-refractivity contribution is 6.19. The van der Waals surface area contributed by atoms with Crippen molar-refractivity contribution in [2.45, 2.75) is 0 Å². The van der Waals surface area contributed by atoms with Gasteiger partial charge in [0.05, 0.1) is 6.21 Å². The number of hydrogen-bond acceptors (Lipinski definition) is 2. The molecule has 0 aromatic heterocycles. The summed E-state index contributed by atoms with van der Waals surface area (Å²) in [6, 6.07) is 23.3. The summed E-state index contributed by atoms with van der Waals surface area (Å²) in [7, 11) is 0. The molecule has 0 bridgehead atoms. The molecular formula is C19H14N2. The van der Waals surface area contributed by atoms with Gasteiger partial charge in [0, 0.05) is 5.56 Å². The molecule has 0 unspecified atom stereocenters. The number of nitrogens with zero attached hydrogens (tertiary/aromatic N) is 1. The van der Waals surface area contributed by atoms with Crippen molar-refractivity contribution in [1.29, 1.82) is 0 Å². The lowest BCUT2D eigenvalue weighted by atomic mass is 9.94. The van der Waals surface area contributed by atoms with E-state index in [1.807, 2.05) is 6.07 Å². The summed E-state index contributed by atoms with van der Waals surface area (Å²) in [6.45, 7) is 0. The molecular weight excluding hydrogens is 256 g/mol. The van der Waals surface area contributed by atoms with Gasteiger partial charge in [-0.15, -0.1) is 0 Å². The van der Waals surface area contributed by atoms with E-state index in [1.165, 1.54) is 32.3 Å². The largest absolute Gasteiger partial charge is 0.323 e. The van der Waals surface area contributed by atoms with E-state index in [9.17, 15) is 0 Å². The van der Waals surface area contributed by atoms with Crippen LogP contribution in [0, 0.1) is 0 Å². The number of benzene rings is 4. The van der Waals surface area contributed by atoms with Crippen LogP contribution in [-0.2, 0) is 0 Å². The first-order valence-corrected chi connectivity index (χ1v) is 6.95. The fourth-order valence-electron chi connectivity index (χ4n) is 3.07. The van der Waals surface area contributed by atoms with Crippen LogP contribution in [0.3, 0.4) is 0 Å². The van der Waals surface area contributed by atoms with Crippen molar-refractivity contribution < 1.29 is 0 Å². The Kier molecular flexibility index (Phi) is 2.61. The summed E-state index contributed by atoms with van der Waals surface area (Å²) >= 11 is 0. The number of rotatable bonds is 1. The van der Waals surface area contributed by atoms with Crippen molar-refractivity contribution in [3.8, 4) is 0 Å². The lowest BCUT2D eigenvalue weighted by Crippen LogP contribution is -1.91. The molecule has 21 heavy (non-hydrogen) atoms. The van der Waals surface area contributed by atoms with Crippen LogP contribution in [0.4, 0.5) is 0 Å². The summed E-state index contributed by atoms with van der Waals surface area (Å²) < 4.78 is 0. The summed E-state index contributed by atoms with van der Waals surface area (Å²) in [5, 5.41) is 11.1. The minimum atomic E-state index is 1.08. The minimum Gasteiger partial charge on any atom is -0.323 e. The molecule has 0 aliphatic carbocycles. The fraction of sp³-hybridized carbons (Fsp3) is 0. The van der Waals surface area contributed by atoms with Crippen LogP contribution in [0.25, 0.3) is 32.3 Å². The smallest absolute Gasteiger partial charge is 0.0550 e. The van der Waals surface area contributed by atoms with Crippen LogP contribution < -0.4 is 5.84 Å². The third-order valence-electron chi connectivity index (χ3n) is 4.02. The third kappa shape index (κ3) is 1.77. The highest BCUT2D eigenvalue weighted by Gasteiger charge is 2.08. The normalized spacial score (nSPS) is 11.8. The van der Waals surface area contributed by atoms with Crippen molar-refractivity contribution in [3.63, 3.8) is 0 Å². The van der Waals surface area contributed by atoms with Gasteiger partial charge >= 0.3 is 0 Å². The number of nitrogens with two attached hydrogens (primary N) is 1. The monoisotopic (exact) mass is 270 g/mol. The molecule has 0 saturated heterocycles. The van der Waals surface area contributed by atoms with Gasteiger partial charge in [-0.3, -0.25) is 0 Å². The van der Waals surface area contributed by atoms with E-state index in [0.29, 0.717) is 0 Å². The van der Waals surface area contributed by atoms with E-state index in [-0.39, 0.29) is 0 Å². The van der Waals surface area contributed by atoms with Gasteiger partial charge in [-0.1, -0.05) is 60.7 Å². The first kappa shape index (κ1) is 11.9. The maximum absolute atomic E-state index is 5.42. The lowest BCUT2D eigenvalue weighted by Gasteiger charge is -2.10. The molecule has 0 aliphatic heterocycles. The topological polar surface area (TPSA) is 38.4 Å². The fourth-order valence-corrected chi connectivity index (χ4v) is 3.07. The Morgan fingerprint density at radius 3 is 2.19 bits per heavy atom. The second-order valence-electron chi connectivity index (χ2n) is 5.17. The zero-order valence-corrected chi connectivity index (χ0v) is 11.5. The molecule has 4 aromatic rings. The molecule has 0 atom stereocenters. The van der Waals surface area contributed by atoms with Crippen molar-refractivity contribution in [3.05, 3.63) is 72.3 Å². The third-order valence-corrected chi connectivity index (χ3v) is 4.02. The Morgan fingerprint density at radius 1 is 0.667 bits per heavy atom. The van der Waals surface area contributed by atoms with E-state index in [1.54, 1.807) is 6.21 Å². The van der Waals surface area contributed by atoms with Crippen LogP contribution in [-0.4, -0.2) is 6.21 Å². The first-order chi connectivity index (χ1) is 10.4. The van der Waals surface area contributed by atoms with Crippen LogP contribution >= 0.6 is 0 Å². The molecule has 0 radical (unpaired) electrons. The van der Waals surface area contributed by atoms with E-state index in [0.717, 1.165) is 5.56 Å². The van der Waals surface area contributed by atoms with Crippen molar-refractivity contribution in [2.75, 3.05) is 0 Å². The van der Waals surface area contributed by atoms with E-state index in [4.69, 9.17) is 5.84 Å². The van der Waals surface area contributed by atoms with Gasteiger partial charge in [0.1, 0.15) is 0 Å². The standard InChI is InChI=1S/C19H14N2/c20-21-12-19-16-8-4-2-6-14(16)11-18-15-7-3-1-5-13(15)9-10-17(18)19/h1-12H,20H2/b21-12+. The zero-order chi connectivity index (χ0) is 14.2.